The second kappa shape index (κ2) is 12.2. The van der Waals surface area contributed by atoms with Crippen LogP contribution in [0, 0.1) is 0 Å². The quantitative estimate of drug-likeness (QED) is 0.174. The van der Waals surface area contributed by atoms with Gasteiger partial charge in [-0.05, 0) is 78.6 Å². The van der Waals surface area contributed by atoms with E-state index in [-0.39, 0.29) is 0 Å². The van der Waals surface area contributed by atoms with Crippen molar-refractivity contribution in [2.24, 2.45) is 0 Å². The van der Waals surface area contributed by atoms with E-state index in [1.165, 1.54) is 0 Å². The molecule has 5 aromatic rings. The Kier molecular flexibility index (Phi) is 8.07. The highest BCUT2D eigenvalue weighted by atomic mass is 16.5. The molecule has 0 aliphatic rings. The fourth-order valence-electron chi connectivity index (χ4n) is 4.11. The first-order chi connectivity index (χ1) is 19.5. The highest BCUT2D eigenvalue weighted by molar-refractivity contribution is 5.55. The van der Waals surface area contributed by atoms with E-state index in [1.54, 1.807) is 12.1 Å². The molecule has 4 N–H and O–H groups in total. The standard InChI is InChI=1S/C34H32N2O4/c1-3-23(2)24-18-29(37-25-10-8-12-27(20-25)39-33-16-6-4-14-31(33)35)22-30(19-24)38-26-11-9-13-28(21-26)40-34-17-7-5-15-32(34)36/h4-23H,3,35-36H2,1-2H3. The van der Waals surface area contributed by atoms with Gasteiger partial charge in [0, 0.05) is 18.2 Å². The lowest BCUT2D eigenvalue weighted by molar-refractivity contribution is 0.446. The van der Waals surface area contributed by atoms with E-state index in [1.807, 2.05) is 103 Å². The van der Waals surface area contributed by atoms with Crippen LogP contribution in [0.2, 0.25) is 0 Å². The van der Waals surface area contributed by atoms with Gasteiger partial charge in [-0.2, -0.15) is 0 Å². The Hall–Kier alpha value is -5.10. The molecule has 0 bridgehead atoms. The number of para-hydroxylation sites is 4. The van der Waals surface area contributed by atoms with E-state index in [0.717, 1.165) is 12.0 Å². The van der Waals surface area contributed by atoms with Crippen LogP contribution in [0.25, 0.3) is 0 Å². The number of ether oxygens (including phenoxy) is 4. The van der Waals surface area contributed by atoms with Crippen LogP contribution in [0.5, 0.6) is 46.0 Å². The second-order valence-electron chi connectivity index (χ2n) is 9.48. The molecule has 0 amide bonds. The first kappa shape index (κ1) is 26.5. The highest BCUT2D eigenvalue weighted by Gasteiger charge is 2.12. The van der Waals surface area contributed by atoms with Crippen LogP contribution in [0.15, 0.2) is 115 Å². The molecular formula is C34H32N2O4. The molecule has 0 spiro atoms. The van der Waals surface area contributed by atoms with Gasteiger partial charge < -0.3 is 30.4 Å². The lowest BCUT2D eigenvalue weighted by Crippen LogP contribution is -1.96. The van der Waals surface area contributed by atoms with Crippen molar-refractivity contribution in [1.29, 1.82) is 0 Å². The van der Waals surface area contributed by atoms with Crippen molar-refractivity contribution < 1.29 is 18.9 Å². The monoisotopic (exact) mass is 532 g/mol. The molecule has 5 rings (SSSR count). The normalized spacial score (nSPS) is 11.4. The predicted octanol–water partition coefficient (Wildman–Crippen LogP) is 9.53. The van der Waals surface area contributed by atoms with Crippen molar-refractivity contribution in [2.45, 2.75) is 26.2 Å². The van der Waals surface area contributed by atoms with E-state index >= 15 is 0 Å². The topological polar surface area (TPSA) is 89.0 Å². The second-order valence-corrected chi connectivity index (χ2v) is 9.48. The van der Waals surface area contributed by atoms with Crippen LogP contribution in [-0.2, 0) is 0 Å². The third-order valence-corrected chi connectivity index (χ3v) is 6.46. The lowest BCUT2D eigenvalue weighted by atomic mass is 9.98. The van der Waals surface area contributed by atoms with E-state index in [2.05, 4.69) is 13.8 Å². The summed E-state index contributed by atoms with van der Waals surface area (Å²) in [6.45, 7) is 4.34. The zero-order valence-corrected chi connectivity index (χ0v) is 22.5. The Bertz CT molecular complexity index is 1490. The minimum absolute atomic E-state index is 0.317. The summed E-state index contributed by atoms with van der Waals surface area (Å²) in [5.41, 5.74) is 14.3. The molecule has 5 aromatic carbocycles. The van der Waals surface area contributed by atoms with Crippen molar-refractivity contribution in [2.75, 3.05) is 11.5 Å². The molecule has 0 radical (unpaired) electrons. The molecule has 0 aromatic heterocycles. The van der Waals surface area contributed by atoms with Crippen LogP contribution >= 0.6 is 0 Å². The van der Waals surface area contributed by atoms with Crippen LogP contribution in [-0.4, -0.2) is 0 Å². The molecule has 1 atom stereocenters. The Labute approximate surface area is 234 Å². The molecule has 202 valence electrons. The van der Waals surface area contributed by atoms with Crippen LogP contribution in [0.4, 0.5) is 11.4 Å². The van der Waals surface area contributed by atoms with Crippen molar-refractivity contribution in [3.8, 4) is 46.0 Å². The zero-order valence-electron chi connectivity index (χ0n) is 22.5. The van der Waals surface area contributed by atoms with Gasteiger partial charge in [-0.25, -0.2) is 0 Å². The number of rotatable bonds is 10. The molecule has 0 saturated heterocycles. The molecule has 0 fully saturated rings. The van der Waals surface area contributed by atoms with Gasteiger partial charge in [-0.3, -0.25) is 0 Å². The van der Waals surface area contributed by atoms with Gasteiger partial charge in [0.2, 0.25) is 0 Å². The number of hydrogen-bond donors (Lipinski definition) is 2. The lowest BCUT2D eigenvalue weighted by Gasteiger charge is -2.16. The van der Waals surface area contributed by atoms with E-state index < -0.39 is 0 Å². The van der Waals surface area contributed by atoms with E-state index in [4.69, 9.17) is 30.4 Å². The fourth-order valence-corrected chi connectivity index (χ4v) is 4.11. The van der Waals surface area contributed by atoms with Crippen molar-refractivity contribution in [3.63, 3.8) is 0 Å². The smallest absolute Gasteiger partial charge is 0.150 e. The molecule has 0 saturated carbocycles. The van der Waals surface area contributed by atoms with Gasteiger partial charge in [0.05, 0.1) is 11.4 Å². The van der Waals surface area contributed by atoms with Crippen molar-refractivity contribution >= 4 is 11.4 Å². The maximum absolute atomic E-state index is 6.29. The molecule has 40 heavy (non-hydrogen) atoms. The van der Waals surface area contributed by atoms with Crippen LogP contribution in [0.3, 0.4) is 0 Å². The van der Waals surface area contributed by atoms with Gasteiger partial charge in [0.1, 0.15) is 46.0 Å². The number of nitrogen functional groups attached to an aromatic ring is 2. The summed E-state index contributed by atoms with van der Waals surface area (Å²) in [5, 5.41) is 0. The predicted molar refractivity (Wildman–Crippen MR) is 160 cm³/mol. The summed E-state index contributed by atoms with van der Waals surface area (Å²) in [5.74, 6) is 5.34. The third kappa shape index (κ3) is 6.66. The Balaban J connectivity index is 1.37. The van der Waals surface area contributed by atoms with Gasteiger partial charge in [0.25, 0.3) is 0 Å². The highest BCUT2D eigenvalue weighted by Crippen LogP contribution is 2.37. The molecule has 0 aliphatic heterocycles. The summed E-state index contributed by atoms with van der Waals surface area (Å²) < 4.78 is 24.5. The van der Waals surface area contributed by atoms with Gasteiger partial charge in [0.15, 0.2) is 0 Å². The number of hydrogen-bond acceptors (Lipinski definition) is 6. The van der Waals surface area contributed by atoms with Crippen LogP contribution in [0.1, 0.15) is 31.7 Å². The fraction of sp³-hybridized carbons (Fsp3) is 0.118. The van der Waals surface area contributed by atoms with Gasteiger partial charge in [-0.15, -0.1) is 0 Å². The number of benzene rings is 5. The molecular weight excluding hydrogens is 500 g/mol. The largest absolute Gasteiger partial charge is 0.457 e. The molecule has 0 heterocycles. The average molecular weight is 533 g/mol. The summed E-state index contributed by atoms with van der Waals surface area (Å²) in [7, 11) is 0. The first-order valence-electron chi connectivity index (χ1n) is 13.2. The van der Waals surface area contributed by atoms with Crippen LogP contribution < -0.4 is 30.4 Å². The van der Waals surface area contributed by atoms with Gasteiger partial charge in [-0.1, -0.05) is 50.2 Å². The Morgan fingerprint density at radius 1 is 0.500 bits per heavy atom. The molecule has 1 unspecified atom stereocenters. The Morgan fingerprint density at radius 3 is 1.32 bits per heavy atom. The minimum atomic E-state index is 0.317. The maximum Gasteiger partial charge on any atom is 0.150 e. The average Bonchev–Trinajstić information content (AvgIpc) is 2.95. The molecule has 6 heteroatoms. The Morgan fingerprint density at radius 2 is 0.900 bits per heavy atom. The zero-order chi connectivity index (χ0) is 27.9. The molecule has 6 nitrogen and oxygen atoms in total. The summed E-state index contributed by atoms with van der Waals surface area (Å²) in [6, 6.07) is 35.6. The summed E-state index contributed by atoms with van der Waals surface area (Å²) >= 11 is 0. The SMILES string of the molecule is CCC(C)c1cc(Oc2cccc(Oc3ccccc3N)c2)cc(Oc2cccc(Oc3ccccc3N)c2)c1. The van der Waals surface area contributed by atoms with E-state index in [9.17, 15) is 0 Å². The van der Waals surface area contributed by atoms with Crippen molar-refractivity contribution in [3.05, 3.63) is 121 Å². The number of nitrogens with two attached hydrogens (primary N) is 2. The van der Waals surface area contributed by atoms with Gasteiger partial charge >= 0.3 is 0 Å². The maximum atomic E-state index is 6.29. The van der Waals surface area contributed by atoms with Crippen molar-refractivity contribution in [1.82, 2.24) is 0 Å². The summed E-state index contributed by atoms with van der Waals surface area (Å²) in [6.07, 6.45) is 0.979. The summed E-state index contributed by atoms with van der Waals surface area (Å²) in [4.78, 5) is 0. The number of anilines is 2. The molecule has 0 aliphatic carbocycles. The first-order valence-corrected chi connectivity index (χ1v) is 13.2. The van der Waals surface area contributed by atoms with E-state index in [0.29, 0.717) is 63.3 Å². The minimum Gasteiger partial charge on any atom is -0.457 e. The third-order valence-electron chi connectivity index (χ3n) is 6.46.